The summed E-state index contributed by atoms with van der Waals surface area (Å²) < 4.78 is 10.6. The quantitative estimate of drug-likeness (QED) is 0.478. The summed E-state index contributed by atoms with van der Waals surface area (Å²) in [4.78, 5) is 25.5. The number of morpholine rings is 1. The minimum atomic E-state index is -0.371. The van der Waals surface area contributed by atoms with Gasteiger partial charge in [0.25, 0.3) is 5.91 Å². The Labute approximate surface area is 204 Å². The highest BCUT2D eigenvalue weighted by Crippen LogP contribution is 2.28. The molecule has 0 aliphatic carbocycles. The van der Waals surface area contributed by atoms with E-state index in [0.717, 1.165) is 16.7 Å². The first-order valence-electron chi connectivity index (χ1n) is 11.5. The molecular weight excluding hydrogens is 446 g/mol. The molecule has 0 unspecified atom stereocenters. The van der Waals surface area contributed by atoms with Crippen molar-refractivity contribution < 1.29 is 18.8 Å². The van der Waals surface area contributed by atoms with Gasteiger partial charge >= 0.3 is 5.91 Å². The summed E-state index contributed by atoms with van der Waals surface area (Å²) in [7, 11) is 0. The Balaban J connectivity index is 1.51. The molecule has 1 aliphatic rings. The highest BCUT2D eigenvalue weighted by molar-refractivity contribution is 6.05. The van der Waals surface area contributed by atoms with E-state index >= 15 is 0 Å². The van der Waals surface area contributed by atoms with Crippen LogP contribution in [0.5, 0.6) is 0 Å². The zero-order chi connectivity index (χ0) is 25.2. The summed E-state index contributed by atoms with van der Waals surface area (Å²) in [6.07, 6.45) is 0. The summed E-state index contributed by atoms with van der Waals surface area (Å²) in [5.41, 5.74) is 13.5. The van der Waals surface area contributed by atoms with Crippen molar-refractivity contribution in [1.29, 1.82) is 0 Å². The molecular formula is C26H31N5O4. The first kappa shape index (κ1) is 24.4. The van der Waals surface area contributed by atoms with Gasteiger partial charge in [0, 0.05) is 41.7 Å². The fourth-order valence-corrected chi connectivity index (χ4v) is 3.78. The van der Waals surface area contributed by atoms with E-state index in [1.807, 2.05) is 37.3 Å². The highest BCUT2D eigenvalue weighted by Gasteiger charge is 2.20. The van der Waals surface area contributed by atoms with Crippen LogP contribution in [0.3, 0.4) is 0 Å². The number of nitrogen functional groups attached to an aromatic ring is 1. The fourth-order valence-electron chi connectivity index (χ4n) is 3.78. The molecule has 3 aromatic rings. The summed E-state index contributed by atoms with van der Waals surface area (Å²) in [5, 5.41) is 8.80. The van der Waals surface area contributed by atoms with E-state index in [2.05, 4.69) is 36.7 Å². The van der Waals surface area contributed by atoms with Crippen molar-refractivity contribution in [3.8, 4) is 11.3 Å². The van der Waals surface area contributed by atoms with Crippen LogP contribution in [0.1, 0.15) is 52.8 Å². The second-order valence-electron chi connectivity index (χ2n) is 9.69. The van der Waals surface area contributed by atoms with E-state index < -0.39 is 0 Å². The van der Waals surface area contributed by atoms with E-state index in [9.17, 15) is 9.59 Å². The number of hydrogen-bond donors (Lipinski definition) is 3. The number of hydrazine groups is 1. The predicted molar refractivity (Wildman–Crippen MR) is 134 cm³/mol. The van der Waals surface area contributed by atoms with Crippen molar-refractivity contribution in [2.24, 2.45) is 0 Å². The number of carbonyl (C=O) groups excluding carboxylic acids is 2. The maximum Gasteiger partial charge on any atom is 0.304 e. The molecule has 9 heteroatoms. The lowest BCUT2D eigenvalue weighted by molar-refractivity contribution is 0.0116. The van der Waals surface area contributed by atoms with Crippen LogP contribution in [-0.2, 0) is 10.2 Å². The van der Waals surface area contributed by atoms with Crippen molar-refractivity contribution in [2.75, 3.05) is 37.4 Å². The first-order valence-corrected chi connectivity index (χ1v) is 11.5. The van der Waals surface area contributed by atoms with Gasteiger partial charge in [-0.3, -0.25) is 15.0 Å². The van der Waals surface area contributed by atoms with Crippen LogP contribution in [0.15, 0.2) is 47.0 Å². The van der Waals surface area contributed by atoms with Crippen LogP contribution in [0.25, 0.3) is 11.3 Å². The molecule has 0 saturated carbocycles. The van der Waals surface area contributed by atoms with Gasteiger partial charge in [-0.1, -0.05) is 32.0 Å². The second-order valence-corrected chi connectivity index (χ2v) is 9.69. The fraction of sp³-hybridized carbons (Fsp3) is 0.346. The lowest BCUT2D eigenvalue weighted by atomic mass is 9.85. The van der Waals surface area contributed by atoms with Crippen molar-refractivity contribution >= 4 is 23.2 Å². The lowest BCUT2D eigenvalue weighted by Gasteiger charge is -2.26. The van der Waals surface area contributed by atoms with Crippen molar-refractivity contribution in [3.63, 3.8) is 0 Å². The molecule has 0 bridgehead atoms. The molecule has 2 heterocycles. The standard InChI is InChI=1S/C26H31N5O4/c1-16-5-6-20(28-24(32)17-11-18(26(2,3)4)13-19(27)12-17)14-21(16)22-15-23(35-30-22)25(33)29-31-7-9-34-10-8-31/h5-6,11-15H,7-10,27H2,1-4H3,(H,28,32)(H,29,33). The second kappa shape index (κ2) is 9.89. The molecule has 4 rings (SSSR count). The third kappa shape index (κ3) is 5.87. The number of ether oxygens (including phenoxy) is 1. The molecule has 2 aromatic carbocycles. The Morgan fingerprint density at radius 1 is 1.03 bits per heavy atom. The molecule has 1 aromatic heterocycles. The number of nitrogens with two attached hydrogens (primary N) is 1. The van der Waals surface area contributed by atoms with Gasteiger partial charge < -0.3 is 20.3 Å². The Kier molecular flexibility index (Phi) is 6.90. The minimum absolute atomic E-state index is 0.106. The molecule has 0 atom stereocenters. The molecule has 1 saturated heterocycles. The summed E-state index contributed by atoms with van der Waals surface area (Å²) in [6.45, 7) is 10.5. The average Bonchev–Trinajstić information content (AvgIpc) is 3.30. The van der Waals surface area contributed by atoms with Crippen molar-refractivity contribution in [3.05, 3.63) is 64.9 Å². The molecule has 0 radical (unpaired) electrons. The van der Waals surface area contributed by atoms with Crippen LogP contribution >= 0.6 is 0 Å². The monoisotopic (exact) mass is 477 g/mol. The van der Waals surface area contributed by atoms with Crippen LogP contribution in [-0.4, -0.2) is 48.3 Å². The first-order chi connectivity index (χ1) is 16.6. The van der Waals surface area contributed by atoms with Gasteiger partial charge in [-0.2, -0.15) is 0 Å². The summed E-state index contributed by atoms with van der Waals surface area (Å²) >= 11 is 0. The molecule has 184 valence electrons. The Bertz CT molecular complexity index is 1240. The molecule has 9 nitrogen and oxygen atoms in total. The largest absolute Gasteiger partial charge is 0.399 e. The van der Waals surface area contributed by atoms with E-state index in [1.165, 1.54) is 0 Å². The zero-order valence-corrected chi connectivity index (χ0v) is 20.5. The number of aromatic nitrogens is 1. The Hall–Kier alpha value is -3.69. The Morgan fingerprint density at radius 2 is 1.77 bits per heavy atom. The molecule has 0 spiro atoms. The van der Waals surface area contributed by atoms with E-state index in [-0.39, 0.29) is 23.0 Å². The van der Waals surface area contributed by atoms with Crippen molar-refractivity contribution in [1.82, 2.24) is 15.6 Å². The van der Waals surface area contributed by atoms with Gasteiger partial charge in [0.2, 0.25) is 5.76 Å². The number of benzene rings is 2. The van der Waals surface area contributed by atoms with E-state index in [0.29, 0.717) is 48.9 Å². The maximum absolute atomic E-state index is 13.0. The number of carbonyl (C=O) groups is 2. The van der Waals surface area contributed by atoms with Crippen LogP contribution in [0.2, 0.25) is 0 Å². The van der Waals surface area contributed by atoms with Crippen LogP contribution in [0.4, 0.5) is 11.4 Å². The number of anilines is 2. The lowest BCUT2D eigenvalue weighted by Crippen LogP contribution is -2.48. The third-order valence-electron chi connectivity index (χ3n) is 5.86. The number of aryl methyl sites for hydroxylation is 1. The smallest absolute Gasteiger partial charge is 0.304 e. The maximum atomic E-state index is 13.0. The predicted octanol–water partition coefficient (Wildman–Crippen LogP) is 3.76. The highest BCUT2D eigenvalue weighted by atomic mass is 16.5. The summed E-state index contributed by atoms with van der Waals surface area (Å²) in [5.74, 6) is -0.526. The minimum Gasteiger partial charge on any atom is -0.399 e. The number of hydrogen-bond acceptors (Lipinski definition) is 7. The van der Waals surface area contributed by atoms with Crippen LogP contribution < -0.4 is 16.5 Å². The molecule has 1 fully saturated rings. The van der Waals surface area contributed by atoms with Gasteiger partial charge in [-0.25, -0.2) is 5.01 Å². The number of amides is 2. The molecule has 35 heavy (non-hydrogen) atoms. The molecule has 2 amide bonds. The molecule has 4 N–H and O–H groups in total. The molecule has 1 aliphatic heterocycles. The topological polar surface area (TPSA) is 123 Å². The van der Waals surface area contributed by atoms with Gasteiger partial charge in [0.1, 0.15) is 5.69 Å². The van der Waals surface area contributed by atoms with Gasteiger partial charge in [0.15, 0.2) is 0 Å². The number of rotatable bonds is 5. The Morgan fingerprint density at radius 3 is 2.49 bits per heavy atom. The SMILES string of the molecule is Cc1ccc(NC(=O)c2cc(N)cc(C(C)(C)C)c2)cc1-c1cc(C(=O)NN2CCOCC2)on1. The van der Waals surface area contributed by atoms with E-state index in [1.54, 1.807) is 17.1 Å². The summed E-state index contributed by atoms with van der Waals surface area (Å²) in [6, 6.07) is 12.5. The zero-order valence-electron chi connectivity index (χ0n) is 20.5. The van der Waals surface area contributed by atoms with Gasteiger partial charge in [0.05, 0.1) is 13.2 Å². The number of nitrogens with one attached hydrogen (secondary N) is 2. The van der Waals surface area contributed by atoms with Crippen molar-refractivity contribution in [2.45, 2.75) is 33.1 Å². The number of nitrogens with zero attached hydrogens (tertiary/aromatic N) is 2. The van der Waals surface area contributed by atoms with E-state index in [4.69, 9.17) is 15.0 Å². The average molecular weight is 478 g/mol. The normalized spacial score (nSPS) is 14.5. The van der Waals surface area contributed by atoms with Gasteiger partial charge in [-0.15, -0.1) is 0 Å². The van der Waals surface area contributed by atoms with Crippen LogP contribution in [0, 0.1) is 6.92 Å². The third-order valence-corrected chi connectivity index (χ3v) is 5.86. The van der Waals surface area contributed by atoms with Gasteiger partial charge in [-0.05, 0) is 53.8 Å².